The second-order valence-corrected chi connectivity index (χ2v) is 7.31. The lowest BCUT2D eigenvalue weighted by Gasteiger charge is -2.02. The predicted octanol–water partition coefficient (Wildman–Crippen LogP) is 2.75. The Balaban J connectivity index is 0.00000225. The van der Waals surface area contributed by atoms with Crippen LogP contribution < -0.4 is 17.0 Å². The van der Waals surface area contributed by atoms with Crippen LogP contribution in [0.1, 0.15) is 30.9 Å². The summed E-state index contributed by atoms with van der Waals surface area (Å²) < 4.78 is 21.1. The molecule has 0 saturated heterocycles. The minimum atomic E-state index is -0.338. The number of pyridine rings is 1. The summed E-state index contributed by atoms with van der Waals surface area (Å²) in [7, 11) is 0. The monoisotopic (exact) mass is 416 g/mol. The van der Waals surface area contributed by atoms with E-state index in [4.69, 9.17) is 16.0 Å². The zero-order chi connectivity index (χ0) is 19.0. The van der Waals surface area contributed by atoms with Gasteiger partial charge in [0.1, 0.15) is 16.9 Å². The Morgan fingerprint density at radius 3 is 2.71 bits per heavy atom. The Kier molecular flexibility index (Phi) is 6.01. The molecule has 0 aliphatic carbocycles. The van der Waals surface area contributed by atoms with Gasteiger partial charge in [-0.1, -0.05) is 31.5 Å². The van der Waals surface area contributed by atoms with Crippen molar-refractivity contribution in [3.63, 3.8) is 0 Å². The molecule has 0 fully saturated rings. The lowest BCUT2D eigenvalue weighted by Crippen LogP contribution is -3.00. The molecule has 2 aromatic carbocycles. The molecule has 0 aliphatic rings. The second kappa shape index (κ2) is 8.29. The van der Waals surface area contributed by atoms with Gasteiger partial charge in [-0.05, 0) is 47.9 Å². The topological polar surface area (TPSA) is 29.9 Å². The van der Waals surface area contributed by atoms with E-state index in [1.807, 2.05) is 35.2 Å². The highest BCUT2D eigenvalue weighted by Gasteiger charge is 2.14. The highest BCUT2D eigenvalue weighted by atomic mass is 35.5. The molecule has 144 valence electrons. The zero-order valence-electron chi connectivity index (χ0n) is 15.5. The van der Waals surface area contributed by atoms with E-state index in [1.165, 1.54) is 17.7 Å². The highest BCUT2D eigenvalue weighted by molar-refractivity contribution is 6.31. The third kappa shape index (κ3) is 4.18. The fourth-order valence-corrected chi connectivity index (χ4v) is 3.25. The van der Waals surface area contributed by atoms with E-state index in [1.54, 1.807) is 6.07 Å². The normalized spacial score (nSPS) is 11.0. The maximum Gasteiger partial charge on any atom is 0.233 e. The van der Waals surface area contributed by atoms with Crippen LogP contribution in [0.15, 0.2) is 65.3 Å². The number of hydrogen-bond donors (Lipinski definition) is 0. The molecular weight excluding hydrogens is 398 g/mol. The maximum atomic E-state index is 13.2. The molecular formula is C22H19Cl2FN2O. The number of fused-ring (bicyclic) bond motifs is 1. The molecule has 0 bridgehead atoms. The average Bonchev–Trinajstić information content (AvgIpc) is 3.07. The largest absolute Gasteiger partial charge is 1.00 e. The van der Waals surface area contributed by atoms with Gasteiger partial charge in [0.25, 0.3) is 0 Å². The Labute approximate surface area is 174 Å². The first-order valence-electron chi connectivity index (χ1n) is 8.83. The molecule has 0 spiro atoms. The molecule has 4 rings (SSSR count). The summed E-state index contributed by atoms with van der Waals surface area (Å²) >= 11 is 6.15. The lowest BCUT2D eigenvalue weighted by atomic mass is 10.0. The van der Waals surface area contributed by atoms with Crippen molar-refractivity contribution in [3.05, 3.63) is 82.9 Å². The van der Waals surface area contributed by atoms with Crippen LogP contribution in [0.5, 0.6) is 0 Å². The molecule has 2 aromatic heterocycles. The second-order valence-electron chi connectivity index (χ2n) is 6.90. The molecule has 2 heterocycles. The van der Waals surface area contributed by atoms with Crippen molar-refractivity contribution < 1.29 is 25.8 Å². The van der Waals surface area contributed by atoms with Crippen molar-refractivity contribution in [2.75, 3.05) is 0 Å². The number of rotatable bonds is 4. The van der Waals surface area contributed by atoms with Crippen molar-refractivity contribution in [2.24, 2.45) is 0 Å². The van der Waals surface area contributed by atoms with Crippen molar-refractivity contribution in [2.45, 2.75) is 26.3 Å². The van der Waals surface area contributed by atoms with Crippen LogP contribution in [0, 0.1) is 5.82 Å². The number of aromatic nitrogens is 2. The van der Waals surface area contributed by atoms with Gasteiger partial charge in [-0.15, -0.1) is 0 Å². The van der Waals surface area contributed by atoms with Gasteiger partial charge in [-0.25, -0.2) is 9.37 Å². The van der Waals surface area contributed by atoms with Crippen LogP contribution in [0.2, 0.25) is 5.02 Å². The van der Waals surface area contributed by atoms with Crippen molar-refractivity contribution >= 4 is 22.7 Å². The number of benzene rings is 2. The number of oxazole rings is 1. The van der Waals surface area contributed by atoms with E-state index in [0.29, 0.717) is 23.4 Å². The molecule has 0 aliphatic heterocycles. The quantitative estimate of drug-likeness (QED) is 0.478. The standard InChI is InChI=1S/C22H19ClFN2O.ClH/c1-14(2)15-6-8-21-20(10-15)25-22(27-21)17-4-3-9-26(13-17)12-16-5-7-18(24)11-19(16)23;/h3-11,13-14H,12H2,1-2H3;1H/q+1;/p-1. The van der Waals surface area contributed by atoms with E-state index in [9.17, 15) is 4.39 Å². The average molecular weight is 417 g/mol. The lowest BCUT2D eigenvalue weighted by molar-refractivity contribution is -0.687. The summed E-state index contributed by atoms with van der Waals surface area (Å²) in [6.45, 7) is 4.84. The highest BCUT2D eigenvalue weighted by Crippen LogP contribution is 2.26. The number of hydrogen-bond acceptors (Lipinski definition) is 2. The van der Waals surface area contributed by atoms with Crippen LogP contribution in [-0.4, -0.2) is 4.98 Å². The molecule has 0 N–H and O–H groups in total. The summed E-state index contributed by atoms with van der Waals surface area (Å²) in [4.78, 5) is 4.65. The number of nitrogens with zero attached hydrogens (tertiary/aromatic N) is 2. The molecule has 28 heavy (non-hydrogen) atoms. The molecule has 6 heteroatoms. The summed E-state index contributed by atoms with van der Waals surface area (Å²) in [5.41, 5.74) is 4.58. The molecule has 0 radical (unpaired) electrons. The van der Waals surface area contributed by atoms with Crippen molar-refractivity contribution in [1.82, 2.24) is 4.98 Å². The SMILES string of the molecule is CC(C)c1ccc2oc(-c3ccc[n+](Cc4ccc(F)cc4Cl)c3)nc2c1.[Cl-]. The minimum Gasteiger partial charge on any atom is -1.00 e. The van der Waals surface area contributed by atoms with E-state index in [2.05, 4.69) is 31.0 Å². The summed E-state index contributed by atoms with van der Waals surface area (Å²) in [5.74, 6) is 0.675. The van der Waals surface area contributed by atoms with Gasteiger partial charge in [0.2, 0.25) is 5.89 Å². The first-order chi connectivity index (χ1) is 13.0. The molecule has 4 aromatic rings. The van der Waals surface area contributed by atoms with Crippen LogP contribution in [0.3, 0.4) is 0 Å². The Bertz CT molecular complexity index is 1120. The molecule has 0 amide bonds. The van der Waals surface area contributed by atoms with E-state index in [-0.39, 0.29) is 18.2 Å². The van der Waals surface area contributed by atoms with E-state index in [0.717, 1.165) is 22.2 Å². The molecule has 0 atom stereocenters. The van der Waals surface area contributed by atoms with Crippen LogP contribution in [-0.2, 0) is 6.54 Å². The van der Waals surface area contributed by atoms with Gasteiger partial charge >= 0.3 is 0 Å². The molecule has 3 nitrogen and oxygen atoms in total. The smallest absolute Gasteiger partial charge is 0.233 e. The van der Waals surface area contributed by atoms with Gasteiger partial charge in [0.05, 0.1) is 5.02 Å². The maximum absolute atomic E-state index is 13.2. The van der Waals surface area contributed by atoms with Crippen molar-refractivity contribution in [3.8, 4) is 11.5 Å². The summed E-state index contributed by atoms with van der Waals surface area (Å²) in [6.07, 6.45) is 3.89. The zero-order valence-corrected chi connectivity index (χ0v) is 17.0. The Morgan fingerprint density at radius 2 is 1.96 bits per heavy atom. The van der Waals surface area contributed by atoms with Gasteiger partial charge in [-0.3, -0.25) is 0 Å². The van der Waals surface area contributed by atoms with Gasteiger partial charge in [0.15, 0.2) is 24.5 Å². The third-order valence-electron chi connectivity index (χ3n) is 4.55. The van der Waals surface area contributed by atoms with Gasteiger partial charge in [0, 0.05) is 11.6 Å². The van der Waals surface area contributed by atoms with Crippen LogP contribution >= 0.6 is 11.6 Å². The molecule has 0 saturated carbocycles. The molecule has 0 unspecified atom stereocenters. The first-order valence-corrected chi connectivity index (χ1v) is 9.21. The van der Waals surface area contributed by atoms with Crippen molar-refractivity contribution in [1.29, 1.82) is 0 Å². The van der Waals surface area contributed by atoms with E-state index >= 15 is 0 Å². The first kappa shape index (κ1) is 20.3. The van der Waals surface area contributed by atoms with Crippen LogP contribution in [0.4, 0.5) is 4.39 Å². The number of halogens is 3. The van der Waals surface area contributed by atoms with Gasteiger partial charge in [-0.2, -0.15) is 4.57 Å². The fourth-order valence-electron chi connectivity index (χ4n) is 3.02. The minimum absolute atomic E-state index is 0. The van der Waals surface area contributed by atoms with Gasteiger partial charge < -0.3 is 16.8 Å². The summed E-state index contributed by atoms with van der Waals surface area (Å²) in [6, 6.07) is 14.4. The summed E-state index contributed by atoms with van der Waals surface area (Å²) in [5, 5.41) is 0.413. The third-order valence-corrected chi connectivity index (χ3v) is 4.90. The van der Waals surface area contributed by atoms with E-state index < -0.39 is 0 Å². The Hall–Kier alpha value is -2.43. The Morgan fingerprint density at radius 1 is 1.14 bits per heavy atom. The fraction of sp³-hybridized carbons (Fsp3) is 0.182. The predicted molar refractivity (Wildman–Crippen MR) is 104 cm³/mol. The van der Waals surface area contributed by atoms with Crippen LogP contribution in [0.25, 0.3) is 22.6 Å².